The van der Waals surface area contributed by atoms with Crippen molar-refractivity contribution >= 4 is 33.6 Å². The number of aromatic nitrogens is 3. The number of halogens is 3. The molecule has 0 unspecified atom stereocenters. The van der Waals surface area contributed by atoms with Crippen LogP contribution in [0.15, 0.2) is 6.07 Å². The van der Waals surface area contributed by atoms with Gasteiger partial charge < -0.3 is 0 Å². The third-order valence-corrected chi connectivity index (χ3v) is 5.25. The molecule has 0 aliphatic rings. The standard InChI is InChI=1S/C18H26F2IN3/c1-2-3-4-5-6-7-8-9-10-11-12-24-22-15-13-14(19)16(20)17(21)18(15)23-24/h13H,2-12H2,1H3. The molecule has 1 heterocycles. The number of fused-ring (bicyclic) bond motifs is 1. The van der Waals surface area contributed by atoms with Gasteiger partial charge in [0.15, 0.2) is 11.6 Å². The predicted molar refractivity (Wildman–Crippen MR) is 102 cm³/mol. The Balaban J connectivity index is 1.66. The second-order valence-electron chi connectivity index (χ2n) is 6.33. The van der Waals surface area contributed by atoms with Gasteiger partial charge in [-0.1, -0.05) is 64.7 Å². The van der Waals surface area contributed by atoms with E-state index in [2.05, 4.69) is 17.1 Å². The van der Waals surface area contributed by atoms with Crippen molar-refractivity contribution in [2.24, 2.45) is 0 Å². The van der Waals surface area contributed by atoms with E-state index in [1.807, 2.05) is 0 Å². The summed E-state index contributed by atoms with van der Waals surface area (Å²) >= 11 is 1.78. The monoisotopic (exact) mass is 449 g/mol. The van der Waals surface area contributed by atoms with Crippen molar-refractivity contribution in [3.05, 3.63) is 21.3 Å². The minimum atomic E-state index is -0.863. The molecular weight excluding hydrogens is 423 g/mol. The van der Waals surface area contributed by atoms with E-state index < -0.39 is 11.6 Å². The molecular formula is C18H26F2IN3. The van der Waals surface area contributed by atoms with Gasteiger partial charge in [0.2, 0.25) is 0 Å². The molecule has 24 heavy (non-hydrogen) atoms. The lowest BCUT2D eigenvalue weighted by Gasteiger charge is -2.02. The molecule has 0 spiro atoms. The number of rotatable bonds is 11. The molecule has 1 aromatic carbocycles. The fourth-order valence-electron chi connectivity index (χ4n) is 2.85. The Kier molecular flexibility index (Phi) is 8.35. The Bertz CT molecular complexity index is 643. The summed E-state index contributed by atoms with van der Waals surface area (Å²) in [5.74, 6) is -1.70. The highest BCUT2D eigenvalue weighted by Gasteiger charge is 2.15. The topological polar surface area (TPSA) is 30.7 Å². The van der Waals surface area contributed by atoms with Crippen LogP contribution in [0.3, 0.4) is 0 Å². The fraction of sp³-hybridized carbons (Fsp3) is 0.667. The lowest BCUT2D eigenvalue weighted by Crippen LogP contribution is -2.02. The molecule has 0 N–H and O–H groups in total. The van der Waals surface area contributed by atoms with Gasteiger partial charge in [-0.05, 0) is 29.0 Å². The molecule has 2 rings (SSSR count). The Hall–Kier alpha value is -0.790. The molecule has 0 aliphatic heterocycles. The van der Waals surface area contributed by atoms with E-state index in [0.717, 1.165) is 18.9 Å². The van der Waals surface area contributed by atoms with Gasteiger partial charge in [-0.3, -0.25) is 0 Å². The van der Waals surface area contributed by atoms with Gasteiger partial charge in [0.05, 0.1) is 10.1 Å². The second-order valence-corrected chi connectivity index (χ2v) is 7.41. The summed E-state index contributed by atoms with van der Waals surface area (Å²) in [5.41, 5.74) is 0.868. The molecule has 2 aromatic rings. The van der Waals surface area contributed by atoms with Crippen LogP contribution in [0.25, 0.3) is 11.0 Å². The number of nitrogens with zero attached hydrogens (tertiary/aromatic N) is 3. The molecule has 0 radical (unpaired) electrons. The Labute approximate surface area is 156 Å². The molecule has 6 heteroatoms. The van der Waals surface area contributed by atoms with Crippen molar-refractivity contribution in [1.82, 2.24) is 15.0 Å². The molecule has 0 amide bonds. The third-order valence-electron chi connectivity index (χ3n) is 4.27. The average molecular weight is 449 g/mol. The van der Waals surface area contributed by atoms with Gasteiger partial charge in [0, 0.05) is 6.07 Å². The first-order valence-electron chi connectivity index (χ1n) is 9.01. The van der Waals surface area contributed by atoms with E-state index in [0.29, 0.717) is 17.6 Å². The number of hydrogen-bond acceptors (Lipinski definition) is 2. The molecule has 0 atom stereocenters. The molecule has 134 valence electrons. The van der Waals surface area contributed by atoms with Crippen molar-refractivity contribution in [2.75, 3.05) is 0 Å². The second kappa shape index (κ2) is 10.3. The van der Waals surface area contributed by atoms with Crippen LogP contribution in [0.1, 0.15) is 71.1 Å². The smallest absolute Gasteiger partial charge is 0.174 e. The van der Waals surface area contributed by atoms with Crippen LogP contribution in [0.5, 0.6) is 0 Å². The van der Waals surface area contributed by atoms with Crippen LogP contribution >= 0.6 is 22.6 Å². The summed E-state index contributed by atoms with van der Waals surface area (Å²) < 4.78 is 27.1. The lowest BCUT2D eigenvalue weighted by atomic mass is 10.1. The summed E-state index contributed by atoms with van der Waals surface area (Å²) in [6, 6.07) is 1.12. The van der Waals surface area contributed by atoms with E-state index in [1.165, 1.54) is 51.4 Å². The van der Waals surface area contributed by atoms with Crippen molar-refractivity contribution < 1.29 is 8.78 Å². The summed E-state index contributed by atoms with van der Waals surface area (Å²) in [4.78, 5) is 1.57. The zero-order valence-corrected chi connectivity index (χ0v) is 16.5. The largest absolute Gasteiger partial charge is 0.204 e. The number of benzene rings is 1. The first-order chi connectivity index (χ1) is 11.6. The molecule has 0 saturated carbocycles. The summed E-state index contributed by atoms with van der Waals surface area (Å²) in [6.07, 6.45) is 12.7. The lowest BCUT2D eigenvalue weighted by molar-refractivity contribution is 0.483. The summed E-state index contributed by atoms with van der Waals surface area (Å²) in [7, 11) is 0. The van der Waals surface area contributed by atoms with Crippen LogP contribution in [-0.4, -0.2) is 15.0 Å². The quantitative estimate of drug-likeness (QED) is 0.231. The molecule has 0 bridgehead atoms. The van der Waals surface area contributed by atoms with Gasteiger partial charge in [-0.2, -0.15) is 15.0 Å². The maximum Gasteiger partial charge on any atom is 0.174 e. The van der Waals surface area contributed by atoms with E-state index in [-0.39, 0.29) is 3.57 Å². The first kappa shape index (κ1) is 19.5. The fourth-order valence-corrected chi connectivity index (χ4v) is 3.49. The zero-order valence-electron chi connectivity index (χ0n) is 14.3. The van der Waals surface area contributed by atoms with Crippen molar-refractivity contribution in [1.29, 1.82) is 0 Å². The van der Waals surface area contributed by atoms with Crippen molar-refractivity contribution in [3.63, 3.8) is 0 Å². The van der Waals surface area contributed by atoms with Gasteiger partial charge in [-0.25, -0.2) is 8.78 Å². The molecule has 3 nitrogen and oxygen atoms in total. The summed E-state index contributed by atoms with van der Waals surface area (Å²) in [5, 5.41) is 8.53. The highest BCUT2D eigenvalue weighted by Crippen LogP contribution is 2.23. The van der Waals surface area contributed by atoms with Gasteiger partial charge in [-0.15, -0.1) is 0 Å². The van der Waals surface area contributed by atoms with Gasteiger partial charge >= 0.3 is 0 Å². The van der Waals surface area contributed by atoms with E-state index >= 15 is 0 Å². The Morgan fingerprint density at radius 2 is 1.50 bits per heavy atom. The SMILES string of the molecule is CCCCCCCCCCCCn1nc2cc(F)c(F)c(I)c2n1. The highest BCUT2D eigenvalue weighted by molar-refractivity contribution is 14.1. The van der Waals surface area contributed by atoms with Gasteiger partial charge in [0.1, 0.15) is 11.0 Å². The van der Waals surface area contributed by atoms with Crippen LogP contribution in [-0.2, 0) is 6.54 Å². The minimum Gasteiger partial charge on any atom is -0.204 e. The summed E-state index contributed by atoms with van der Waals surface area (Å²) in [6.45, 7) is 2.94. The van der Waals surface area contributed by atoms with Crippen LogP contribution < -0.4 is 0 Å². The zero-order chi connectivity index (χ0) is 17.4. The van der Waals surface area contributed by atoms with Crippen LogP contribution in [0.2, 0.25) is 0 Å². The Morgan fingerprint density at radius 1 is 0.917 bits per heavy atom. The Morgan fingerprint density at radius 3 is 2.12 bits per heavy atom. The number of unbranched alkanes of at least 4 members (excludes halogenated alkanes) is 9. The number of aryl methyl sites for hydroxylation is 1. The maximum absolute atomic E-state index is 13.5. The maximum atomic E-state index is 13.5. The van der Waals surface area contributed by atoms with Crippen molar-refractivity contribution in [2.45, 2.75) is 77.7 Å². The molecule has 1 aromatic heterocycles. The van der Waals surface area contributed by atoms with Crippen LogP contribution in [0, 0.1) is 15.2 Å². The van der Waals surface area contributed by atoms with Crippen molar-refractivity contribution in [3.8, 4) is 0 Å². The third kappa shape index (κ3) is 5.63. The molecule has 0 saturated heterocycles. The van der Waals surface area contributed by atoms with E-state index in [9.17, 15) is 8.78 Å². The molecule has 0 aliphatic carbocycles. The number of hydrogen-bond donors (Lipinski definition) is 0. The van der Waals surface area contributed by atoms with E-state index in [1.54, 1.807) is 27.4 Å². The van der Waals surface area contributed by atoms with Crippen LogP contribution in [0.4, 0.5) is 8.78 Å². The normalized spacial score (nSPS) is 11.5. The van der Waals surface area contributed by atoms with Gasteiger partial charge in [0.25, 0.3) is 0 Å². The molecule has 0 fully saturated rings. The first-order valence-corrected chi connectivity index (χ1v) is 10.1. The van der Waals surface area contributed by atoms with E-state index in [4.69, 9.17) is 0 Å². The minimum absolute atomic E-state index is 0.205. The predicted octanol–water partition coefficient (Wildman–Crippen LogP) is 6.24. The average Bonchev–Trinajstić information content (AvgIpc) is 2.97. The highest BCUT2D eigenvalue weighted by atomic mass is 127.